The van der Waals surface area contributed by atoms with Crippen molar-refractivity contribution >= 4 is 17.3 Å². The van der Waals surface area contributed by atoms with Crippen LogP contribution in [0.2, 0.25) is 0 Å². The van der Waals surface area contributed by atoms with Crippen molar-refractivity contribution in [2.75, 3.05) is 18.2 Å². The Morgan fingerprint density at radius 3 is 2.90 bits per heavy atom. The number of benzene rings is 1. The Morgan fingerprint density at radius 2 is 2.30 bits per heavy atom. The Balaban J connectivity index is 2.23. The van der Waals surface area contributed by atoms with Gasteiger partial charge in [0, 0.05) is 12.7 Å². The number of anilines is 2. The molecule has 0 saturated carbocycles. The lowest BCUT2D eigenvalue weighted by Crippen LogP contribution is -2.10. The zero-order chi connectivity index (χ0) is 14.7. The van der Waals surface area contributed by atoms with E-state index in [9.17, 15) is 9.18 Å². The van der Waals surface area contributed by atoms with Crippen molar-refractivity contribution in [1.82, 2.24) is 14.8 Å². The molecule has 0 atom stereocenters. The van der Waals surface area contributed by atoms with Crippen LogP contribution in [-0.4, -0.2) is 27.8 Å². The van der Waals surface area contributed by atoms with Gasteiger partial charge >= 0.3 is 5.97 Å². The van der Waals surface area contributed by atoms with E-state index in [1.165, 1.54) is 19.5 Å². The van der Waals surface area contributed by atoms with Crippen LogP contribution in [0.3, 0.4) is 0 Å². The minimum absolute atomic E-state index is 0.0264. The summed E-state index contributed by atoms with van der Waals surface area (Å²) in [6.45, 7) is 0.262. The van der Waals surface area contributed by atoms with Gasteiger partial charge in [0.05, 0.1) is 24.9 Å². The first kappa shape index (κ1) is 13.8. The lowest BCUT2D eigenvalue weighted by Gasteiger charge is -2.10. The maximum Gasteiger partial charge on any atom is 0.340 e. The number of rotatable bonds is 4. The van der Waals surface area contributed by atoms with Gasteiger partial charge in [-0.05, 0) is 12.1 Å². The first-order chi connectivity index (χ1) is 9.52. The Bertz CT molecular complexity index is 641. The Labute approximate surface area is 114 Å². The fourth-order valence-corrected chi connectivity index (χ4v) is 1.65. The Kier molecular flexibility index (Phi) is 3.83. The van der Waals surface area contributed by atoms with Crippen molar-refractivity contribution in [2.24, 2.45) is 7.05 Å². The summed E-state index contributed by atoms with van der Waals surface area (Å²) < 4.78 is 20.1. The van der Waals surface area contributed by atoms with Gasteiger partial charge in [0.25, 0.3) is 0 Å². The fourth-order valence-electron chi connectivity index (χ4n) is 1.65. The van der Waals surface area contributed by atoms with E-state index in [1.807, 2.05) is 0 Å². The lowest BCUT2D eigenvalue weighted by molar-refractivity contribution is 0.0602. The van der Waals surface area contributed by atoms with Crippen molar-refractivity contribution in [3.05, 3.63) is 35.7 Å². The van der Waals surface area contributed by atoms with Gasteiger partial charge in [-0.2, -0.15) is 0 Å². The molecule has 0 spiro atoms. The third-order valence-corrected chi connectivity index (χ3v) is 2.79. The minimum atomic E-state index is -0.621. The number of hydrogen-bond donors (Lipinski definition) is 2. The van der Waals surface area contributed by atoms with Crippen LogP contribution >= 0.6 is 0 Å². The maximum absolute atomic E-state index is 13.8. The molecule has 1 aromatic carbocycles. The number of hydrogen-bond acceptors (Lipinski definition) is 6. The summed E-state index contributed by atoms with van der Waals surface area (Å²) in [5.74, 6) is -0.553. The van der Waals surface area contributed by atoms with Crippen LogP contribution in [0.25, 0.3) is 0 Å². The molecule has 0 bridgehead atoms. The van der Waals surface area contributed by atoms with E-state index >= 15 is 0 Å². The zero-order valence-electron chi connectivity index (χ0n) is 11.1. The second kappa shape index (κ2) is 5.55. The summed E-state index contributed by atoms with van der Waals surface area (Å²) >= 11 is 0. The highest BCUT2D eigenvalue weighted by molar-refractivity contribution is 5.96. The number of nitrogens with zero attached hydrogens (tertiary/aromatic N) is 3. The van der Waals surface area contributed by atoms with E-state index in [2.05, 4.69) is 20.3 Å². The zero-order valence-corrected chi connectivity index (χ0v) is 11.1. The molecule has 3 N–H and O–H groups in total. The molecule has 2 aromatic rings. The Hall–Kier alpha value is -2.64. The predicted molar refractivity (Wildman–Crippen MR) is 70.5 cm³/mol. The average molecular weight is 279 g/mol. The number of nitrogens with two attached hydrogens (primary N) is 1. The van der Waals surface area contributed by atoms with Crippen molar-refractivity contribution in [3.63, 3.8) is 0 Å². The van der Waals surface area contributed by atoms with E-state index in [0.717, 1.165) is 6.07 Å². The SMILES string of the molecule is COC(=O)c1cc(NCc2nncn2C)c(F)cc1N. The monoisotopic (exact) mass is 279 g/mol. The number of carbonyl (C=O) groups is 1. The molecule has 0 radical (unpaired) electrons. The number of aryl methyl sites for hydroxylation is 1. The molecule has 1 heterocycles. The normalized spacial score (nSPS) is 10.3. The van der Waals surface area contributed by atoms with E-state index in [1.54, 1.807) is 11.6 Å². The second-order valence-corrected chi connectivity index (χ2v) is 4.12. The van der Waals surface area contributed by atoms with Gasteiger partial charge in [0.2, 0.25) is 0 Å². The van der Waals surface area contributed by atoms with Crippen molar-refractivity contribution in [3.8, 4) is 0 Å². The molecule has 0 fully saturated rings. The number of ether oxygens (including phenoxy) is 1. The van der Waals surface area contributed by atoms with Gasteiger partial charge in [-0.25, -0.2) is 9.18 Å². The van der Waals surface area contributed by atoms with Crippen molar-refractivity contribution in [1.29, 1.82) is 0 Å². The molecule has 0 unspecified atom stereocenters. The van der Waals surface area contributed by atoms with Gasteiger partial charge < -0.3 is 20.4 Å². The van der Waals surface area contributed by atoms with E-state index in [-0.39, 0.29) is 23.5 Å². The third-order valence-electron chi connectivity index (χ3n) is 2.79. The quantitative estimate of drug-likeness (QED) is 0.638. The Morgan fingerprint density at radius 1 is 1.55 bits per heavy atom. The molecule has 0 amide bonds. The smallest absolute Gasteiger partial charge is 0.340 e. The fraction of sp³-hybridized carbons (Fsp3) is 0.250. The summed E-state index contributed by atoms with van der Waals surface area (Å²) in [7, 11) is 3.01. The number of methoxy groups -OCH3 is 1. The summed E-state index contributed by atoms with van der Waals surface area (Å²) in [5, 5.41) is 10.4. The second-order valence-electron chi connectivity index (χ2n) is 4.12. The van der Waals surface area contributed by atoms with Crippen molar-refractivity contribution < 1.29 is 13.9 Å². The molecular formula is C12H14FN5O2. The van der Waals surface area contributed by atoms with Crippen LogP contribution in [0.4, 0.5) is 15.8 Å². The van der Waals surface area contributed by atoms with E-state index in [4.69, 9.17) is 5.73 Å². The van der Waals surface area contributed by atoms with Gasteiger partial charge in [-0.15, -0.1) is 10.2 Å². The van der Waals surface area contributed by atoms with Gasteiger partial charge in [-0.3, -0.25) is 0 Å². The molecule has 106 valence electrons. The molecule has 8 heteroatoms. The highest BCUT2D eigenvalue weighted by Crippen LogP contribution is 2.23. The van der Waals surface area contributed by atoms with Crippen LogP contribution in [0.15, 0.2) is 18.5 Å². The van der Waals surface area contributed by atoms with Crippen LogP contribution < -0.4 is 11.1 Å². The number of esters is 1. The summed E-state index contributed by atoms with van der Waals surface area (Å²) in [6, 6.07) is 2.39. The number of halogens is 1. The van der Waals surface area contributed by atoms with E-state index < -0.39 is 11.8 Å². The summed E-state index contributed by atoms with van der Waals surface area (Å²) in [4.78, 5) is 11.5. The topological polar surface area (TPSA) is 95.1 Å². The maximum atomic E-state index is 13.8. The molecular weight excluding hydrogens is 265 g/mol. The highest BCUT2D eigenvalue weighted by atomic mass is 19.1. The molecule has 0 saturated heterocycles. The standard InChI is InChI=1S/C12H14FN5O2/c1-18-6-16-17-11(18)5-15-10-3-7(12(19)20-2)9(14)4-8(10)13/h3-4,6,15H,5,14H2,1-2H3. The minimum Gasteiger partial charge on any atom is -0.465 e. The molecule has 0 aliphatic heterocycles. The van der Waals surface area contributed by atoms with Crippen LogP contribution in [-0.2, 0) is 18.3 Å². The average Bonchev–Trinajstić information content (AvgIpc) is 2.82. The van der Waals surface area contributed by atoms with Crippen molar-refractivity contribution in [2.45, 2.75) is 6.54 Å². The predicted octanol–water partition coefficient (Wildman–Crippen LogP) is 0.935. The highest BCUT2D eigenvalue weighted by Gasteiger charge is 2.15. The number of aromatic nitrogens is 3. The molecule has 0 aliphatic rings. The molecule has 0 aliphatic carbocycles. The van der Waals surface area contributed by atoms with Crippen LogP contribution in [0.1, 0.15) is 16.2 Å². The van der Waals surface area contributed by atoms with Crippen LogP contribution in [0, 0.1) is 5.82 Å². The summed E-state index contributed by atoms with van der Waals surface area (Å²) in [5.41, 5.74) is 5.86. The third kappa shape index (κ3) is 2.68. The van der Waals surface area contributed by atoms with Gasteiger partial charge in [-0.1, -0.05) is 0 Å². The van der Waals surface area contributed by atoms with Gasteiger partial charge in [0.1, 0.15) is 12.1 Å². The van der Waals surface area contributed by atoms with E-state index in [0.29, 0.717) is 5.82 Å². The first-order valence-electron chi connectivity index (χ1n) is 5.77. The molecule has 20 heavy (non-hydrogen) atoms. The first-order valence-corrected chi connectivity index (χ1v) is 5.77. The largest absolute Gasteiger partial charge is 0.465 e. The molecule has 7 nitrogen and oxygen atoms in total. The molecule has 2 rings (SSSR count). The number of nitrogens with one attached hydrogen (secondary N) is 1. The summed E-state index contributed by atoms with van der Waals surface area (Å²) in [6.07, 6.45) is 1.54. The lowest BCUT2D eigenvalue weighted by atomic mass is 10.1. The van der Waals surface area contributed by atoms with Gasteiger partial charge in [0.15, 0.2) is 5.82 Å². The number of nitrogen functional groups attached to an aromatic ring is 1. The number of carbonyl (C=O) groups excluding carboxylic acids is 1. The van der Waals surface area contributed by atoms with Crippen LogP contribution in [0.5, 0.6) is 0 Å². The molecule has 1 aromatic heterocycles.